The van der Waals surface area contributed by atoms with E-state index in [0.717, 1.165) is 32.4 Å². The van der Waals surface area contributed by atoms with Gasteiger partial charge in [0.1, 0.15) is 11.2 Å². The van der Waals surface area contributed by atoms with Crippen molar-refractivity contribution in [3.63, 3.8) is 0 Å². The SMILES string of the molecule is Cc1ccc(O)c([C@@]2(c3ccccc3)C(=S)Nc3c(Br)cccc32)c1. The summed E-state index contributed by atoms with van der Waals surface area (Å²) in [7, 11) is 0. The molecule has 0 bridgehead atoms. The van der Waals surface area contributed by atoms with E-state index in [1.165, 1.54) is 0 Å². The highest BCUT2D eigenvalue weighted by atomic mass is 79.9. The summed E-state index contributed by atoms with van der Waals surface area (Å²) < 4.78 is 0.956. The van der Waals surface area contributed by atoms with E-state index in [9.17, 15) is 5.11 Å². The van der Waals surface area contributed by atoms with Gasteiger partial charge in [-0.15, -0.1) is 0 Å². The van der Waals surface area contributed by atoms with Gasteiger partial charge in [0.05, 0.1) is 10.7 Å². The fraction of sp³-hybridized carbons (Fsp3) is 0.0952. The van der Waals surface area contributed by atoms with Crippen LogP contribution in [0.15, 0.2) is 71.2 Å². The average molecular weight is 410 g/mol. The maximum atomic E-state index is 10.7. The summed E-state index contributed by atoms with van der Waals surface area (Å²) in [6.45, 7) is 2.02. The minimum Gasteiger partial charge on any atom is -0.508 e. The standard InChI is InChI=1S/C21H16BrNOS/c1-13-10-11-18(24)16(12-13)21(14-6-3-2-4-7-14)15-8-5-9-17(22)19(15)23-20(21)25/h2-12,24H,1H3,(H,23,25)/t21-/m0/s1. The summed E-state index contributed by atoms with van der Waals surface area (Å²) in [6, 6.07) is 21.9. The molecular formula is C21H16BrNOS. The number of halogens is 1. The van der Waals surface area contributed by atoms with Gasteiger partial charge in [-0.25, -0.2) is 0 Å². The summed E-state index contributed by atoms with van der Waals surface area (Å²) in [4.78, 5) is 0.668. The fourth-order valence-corrected chi connectivity index (χ4v) is 4.55. The summed E-state index contributed by atoms with van der Waals surface area (Å²) >= 11 is 9.46. The van der Waals surface area contributed by atoms with Gasteiger partial charge in [-0.3, -0.25) is 0 Å². The second-order valence-corrected chi connectivity index (χ2v) is 7.52. The molecule has 4 heteroatoms. The zero-order valence-corrected chi connectivity index (χ0v) is 16.0. The van der Waals surface area contributed by atoms with E-state index < -0.39 is 5.41 Å². The molecule has 1 atom stereocenters. The molecule has 1 aliphatic heterocycles. The molecule has 3 aromatic carbocycles. The Labute approximate surface area is 160 Å². The number of thiocarbonyl (C=S) groups is 1. The van der Waals surface area contributed by atoms with Crippen LogP contribution in [0, 0.1) is 6.92 Å². The third-order valence-corrected chi connectivity index (χ3v) is 5.83. The molecule has 0 aliphatic carbocycles. The van der Waals surface area contributed by atoms with E-state index in [1.54, 1.807) is 6.07 Å². The first-order valence-electron chi connectivity index (χ1n) is 8.01. The predicted octanol–water partition coefficient (Wildman–Crippen LogP) is 5.55. The van der Waals surface area contributed by atoms with Gasteiger partial charge in [-0.2, -0.15) is 0 Å². The van der Waals surface area contributed by atoms with Crippen molar-refractivity contribution in [2.75, 3.05) is 5.32 Å². The summed E-state index contributed by atoms with van der Waals surface area (Å²) in [5.74, 6) is 0.242. The van der Waals surface area contributed by atoms with Gasteiger partial charge < -0.3 is 10.4 Å². The van der Waals surface area contributed by atoms with Crippen LogP contribution in [0.5, 0.6) is 5.75 Å². The second kappa shape index (κ2) is 5.97. The third-order valence-electron chi connectivity index (χ3n) is 4.76. The van der Waals surface area contributed by atoms with Crippen LogP contribution >= 0.6 is 28.1 Å². The zero-order valence-electron chi connectivity index (χ0n) is 13.6. The molecule has 25 heavy (non-hydrogen) atoms. The molecule has 4 rings (SSSR count). The van der Waals surface area contributed by atoms with E-state index >= 15 is 0 Å². The smallest absolute Gasteiger partial charge is 0.120 e. The molecule has 0 unspecified atom stereocenters. The zero-order chi connectivity index (χ0) is 17.6. The number of hydrogen-bond acceptors (Lipinski definition) is 2. The third kappa shape index (κ3) is 2.32. The molecule has 1 heterocycles. The number of fused-ring (bicyclic) bond motifs is 1. The predicted molar refractivity (Wildman–Crippen MR) is 110 cm³/mol. The lowest BCUT2D eigenvalue weighted by atomic mass is 9.70. The molecule has 3 aromatic rings. The Kier molecular flexibility index (Phi) is 3.89. The molecular weight excluding hydrogens is 394 g/mol. The average Bonchev–Trinajstić information content (AvgIpc) is 2.92. The molecule has 0 radical (unpaired) electrons. The highest BCUT2D eigenvalue weighted by molar-refractivity contribution is 9.10. The van der Waals surface area contributed by atoms with Crippen molar-refractivity contribution in [2.24, 2.45) is 0 Å². The molecule has 0 amide bonds. The number of phenolic OH excluding ortho intramolecular Hbond substituents is 1. The Hall–Kier alpha value is -2.17. The number of rotatable bonds is 2. The van der Waals surface area contributed by atoms with Crippen molar-refractivity contribution < 1.29 is 5.11 Å². The van der Waals surface area contributed by atoms with Crippen LogP contribution in [0.25, 0.3) is 0 Å². The van der Waals surface area contributed by atoms with Crippen LogP contribution in [0.4, 0.5) is 5.69 Å². The van der Waals surface area contributed by atoms with Gasteiger partial charge in [0.25, 0.3) is 0 Å². The number of anilines is 1. The number of nitrogens with one attached hydrogen (secondary N) is 1. The molecule has 0 aromatic heterocycles. The lowest BCUT2D eigenvalue weighted by Gasteiger charge is -2.32. The lowest BCUT2D eigenvalue weighted by molar-refractivity contribution is 0.464. The van der Waals surface area contributed by atoms with Crippen LogP contribution in [-0.4, -0.2) is 10.1 Å². The van der Waals surface area contributed by atoms with E-state index in [0.29, 0.717) is 4.99 Å². The number of hydrogen-bond donors (Lipinski definition) is 2. The molecule has 2 nitrogen and oxygen atoms in total. The summed E-state index contributed by atoms with van der Waals surface area (Å²) in [5.41, 5.74) is 4.19. The van der Waals surface area contributed by atoms with Crippen LogP contribution < -0.4 is 5.32 Å². The van der Waals surface area contributed by atoms with Gasteiger partial charge in [0, 0.05) is 10.0 Å². The Morgan fingerprint density at radius 3 is 2.48 bits per heavy atom. The first-order chi connectivity index (χ1) is 12.0. The highest BCUT2D eigenvalue weighted by Crippen LogP contribution is 2.52. The van der Waals surface area contributed by atoms with Crippen molar-refractivity contribution in [3.05, 3.63) is 93.5 Å². The number of aryl methyl sites for hydroxylation is 1. The Balaban J connectivity index is 2.15. The van der Waals surface area contributed by atoms with Crippen LogP contribution in [-0.2, 0) is 5.41 Å². The summed E-state index contributed by atoms with van der Waals surface area (Å²) in [5, 5.41) is 14.1. The molecule has 0 saturated carbocycles. The molecule has 2 N–H and O–H groups in total. The first-order valence-corrected chi connectivity index (χ1v) is 9.21. The molecule has 1 aliphatic rings. The maximum Gasteiger partial charge on any atom is 0.120 e. The van der Waals surface area contributed by atoms with Crippen LogP contribution in [0.3, 0.4) is 0 Å². The van der Waals surface area contributed by atoms with Gasteiger partial charge in [-0.1, -0.05) is 72.4 Å². The molecule has 0 fully saturated rings. The van der Waals surface area contributed by atoms with E-state index in [-0.39, 0.29) is 5.75 Å². The van der Waals surface area contributed by atoms with Gasteiger partial charge >= 0.3 is 0 Å². The quantitative estimate of drug-likeness (QED) is 0.544. The topological polar surface area (TPSA) is 32.3 Å². The first kappa shape index (κ1) is 16.3. The number of phenols is 1. The maximum absolute atomic E-state index is 10.7. The lowest BCUT2D eigenvalue weighted by Crippen LogP contribution is -2.35. The van der Waals surface area contributed by atoms with Crippen molar-refractivity contribution in [2.45, 2.75) is 12.3 Å². The minimum atomic E-state index is -0.716. The van der Waals surface area contributed by atoms with Crippen molar-refractivity contribution in [3.8, 4) is 5.75 Å². The monoisotopic (exact) mass is 409 g/mol. The molecule has 0 saturated heterocycles. The van der Waals surface area contributed by atoms with Crippen LogP contribution in [0.1, 0.15) is 22.3 Å². The van der Waals surface area contributed by atoms with Crippen molar-refractivity contribution in [1.29, 1.82) is 0 Å². The summed E-state index contributed by atoms with van der Waals surface area (Å²) in [6.07, 6.45) is 0. The van der Waals surface area contributed by atoms with Crippen LogP contribution in [0.2, 0.25) is 0 Å². The molecule has 0 spiro atoms. The minimum absolute atomic E-state index is 0.242. The van der Waals surface area contributed by atoms with Crippen molar-refractivity contribution >= 4 is 38.8 Å². The van der Waals surface area contributed by atoms with Gasteiger partial charge in [0.2, 0.25) is 0 Å². The highest BCUT2D eigenvalue weighted by Gasteiger charge is 2.48. The van der Waals surface area contributed by atoms with E-state index in [2.05, 4.69) is 39.4 Å². The Morgan fingerprint density at radius 2 is 1.72 bits per heavy atom. The normalized spacial score (nSPS) is 18.7. The second-order valence-electron chi connectivity index (χ2n) is 6.25. The largest absolute Gasteiger partial charge is 0.508 e. The Morgan fingerprint density at radius 1 is 0.960 bits per heavy atom. The van der Waals surface area contributed by atoms with Crippen molar-refractivity contribution in [1.82, 2.24) is 0 Å². The number of benzene rings is 3. The van der Waals surface area contributed by atoms with E-state index in [1.807, 2.05) is 49.4 Å². The Bertz CT molecular complexity index is 986. The van der Waals surface area contributed by atoms with Gasteiger partial charge in [-0.05, 0) is 46.1 Å². The number of para-hydroxylation sites is 1. The number of aromatic hydroxyl groups is 1. The molecule has 124 valence electrons. The van der Waals surface area contributed by atoms with Gasteiger partial charge in [0.15, 0.2) is 0 Å². The van der Waals surface area contributed by atoms with E-state index in [4.69, 9.17) is 12.2 Å². The fourth-order valence-electron chi connectivity index (χ4n) is 3.64.